The minimum Gasteiger partial charge on any atom is -0.147 e. The molecule has 0 aliphatic rings. The third kappa shape index (κ3) is 9.85. The van der Waals surface area contributed by atoms with Crippen molar-refractivity contribution < 1.29 is 20.4 Å². The summed E-state index contributed by atoms with van der Waals surface area (Å²) in [4.78, 5) is 0. The fourth-order valence-electron chi connectivity index (χ4n) is 0. The number of allylic oxidation sites excluding steroid dienone is 2. The van der Waals surface area contributed by atoms with Gasteiger partial charge in [0.1, 0.15) is 0 Å². The van der Waals surface area contributed by atoms with Gasteiger partial charge in [0.15, 0.2) is 0 Å². The largest absolute Gasteiger partial charge is 0.147 e. The van der Waals surface area contributed by atoms with Crippen molar-refractivity contribution in [2.24, 2.45) is 0 Å². The van der Waals surface area contributed by atoms with Crippen molar-refractivity contribution in [1.82, 2.24) is 0 Å². The van der Waals surface area contributed by atoms with E-state index >= 15 is 0 Å². The van der Waals surface area contributed by atoms with Crippen molar-refractivity contribution in [3.63, 3.8) is 0 Å². The summed E-state index contributed by atoms with van der Waals surface area (Å²) >= 11 is 0. The fourth-order valence-corrected chi connectivity index (χ4v) is 0. The molecular formula is C6H13ClPd. The van der Waals surface area contributed by atoms with Crippen LogP contribution < -0.4 is 0 Å². The van der Waals surface area contributed by atoms with E-state index in [1.54, 1.807) is 0 Å². The third-order valence-corrected chi connectivity index (χ3v) is 1.00. The summed E-state index contributed by atoms with van der Waals surface area (Å²) in [7, 11) is 0. The zero-order chi connectivity index (χ0) is 5.15. The minimum absolute atomic E-state index is 0. The van der Waals surface area contributed by atoms with Crippen LogP contribution in [-0.4, -0.2) is 0 Å². The molecule has 0 saturated heterocycles. The molecule has 0 N–H and O–H groups in total. The maximum absolute atomic E-state index is 2.12. The first-order chi connectivity index (χ1) is 2.64. The Morgan fingerprint density at radius 1 is 0.750 bits per heavy atom. The molecule has 0 aromatic rings. The van der Waals surface area contributed by atoms with Gasteiger partial charge in [-0.25, -0.2) is 0 Å². The topological polar surface area (TPSA) is 0 Å². The molecular weight excluding hydrogens is 214 g/mol. The van der Waals surface area contributed by atoms with Gasteiger partial charge in [0, 0.05) is 20.4 Å². The molecule has 0 nitrogen and oxygen atoms in total. The summed E-state index contributed by atoms with van der Waals surface area (Å²) < 4.78 is 0. The molecule has 2 heteroatoms. The smallest absolute Gasteiger partial charge is 0 e. The van der Waals surface area contributed by atoms with Gasteiger partial charge in [-0.1, -0.05) is 11.1 Å². The average molecular weight is 227 g/mol. The fraction of sp³-hybridized carbons (Fsp3) is 0.667. The van der Waals surface area contributed by atoms with Gasteiger partial charge in [-0.2, -0.15) is 0 Å². The second kappa shape index (κ2) is 7.69. The zero-order valence-electron chi connectivity index (χ0n) is 5.72. The standard InChI is InChI=1S/C6H12.ClH.Pd/c1-5(2)6(3)4;;/h1-4H3;1H;. The maximum Gasteiger partial charge on any atom is 0 e. The second-order valence-corrected chi connectivity index (χ2v) is 2.00. The second-order valence-electron chi connectivity index (χ2n) is 2.00. The Morgan fingerprint density at radius 3 is 0.875 bits per heavy atom. The molecule has 0 bridgehead atoms. The van der Waals surface area contributed by atoms with Gasteiger partial charge in [-0.15, -0.1) is 12.4 Å². The molecule has 54 valence electrons. The van der Waals surface area contributed by atoms with E-state index in [0.717, 1.165) is 0 Å². The SMILES string of the molecule is CC(C)=C(C)C.Cl.[Pd]. The number of rotatable bonds is 0. The first kappa shape index (κ1) is 15.9. The summed E-state index contributed by atoms with van der Waals surface area (Å²) in [5.74, 6) is 0. The summed E-state index contributed by atoms with van der Waals surface area (Å²) in [6.07, 6.45) is 0. The van der Waals surface area contributed by atoms with Gasteiger partial charge in [0.2, 0.25) is 0 Å². The Morgan fingerprint density at radius 2 is 0.875 bits per heavy atom. The quantitative estimate of drug-likeness (QED) is 0.441. The van der Waals surface area contributed by atoms with Crippen LogP contribution in [0.25, 0.3) is 0 Å². The molecule has 0 rings (SSSR count). The van der Waals surface area contributed by atoms with E-state index in [1.165, 1.54) is 11.1 Å². The summed E-state index contributed by atoms with van der Waals surface area (Å²) in [5, 5.41) is 0. The molecule has 0 atom stereocenters. The van der Waals surface area contributed by atoms with Gasteiger partial charge in [-0.3, -0.25) is 0 Å². The first-order valence-corrected chi connectivity index (χ1v) is 2.25. The normalized spacial score (nSPS) is 6.00. The number of hydrogen-bond acceptors (Lipinski definition) is 0. The molecule has 0 saturated carbocycles. The maximum atomic E-state index is 2.12. The Kier molecular flexibility index (Phi) is 15.3. The molecule has 0 heterocycles. The van der Waals surface area contributed by atoms with E-state index in [2.05, 4.69) is 27.7 Å². The molecule has 0 aromatic heterocycles. The van der Waals surface area contributed by atoms with Gasteiger partial charge < -0.3 is 0 Å². The van der Waals surface area contributed by atoms with E-state index in [9.17, 15) is 0 Å². The van der Waals surface area contributed by atoms with Crippen LogP contribution in [0.3, 0.4) is 0 Å². The Balaban J connectivity index is -0.000000125. The van der Waals surface area contributed by atoms with Gasteiger partial charge in [0.25, 0.3) is 0 Å². The molecule has 0 aromatic carbocycles. The molecule has 0 aliphatic carbocycles. The molecule has 0 aliphatic heterocycles. The van der Waals surface area contributed by atoms with E-state index in [4.69, 9.17) is 0 Å². The Labute approximate surface area is 71.8 Å². The predicted molar refractivity (Wildman–Crippen MR) is 37.0 cm³/mol. The van der Waals surface area contributed by atoms with Gasteiger partial charge >= 0.3 is 0 Å². The molecule has 0 spiro atoms. The van der Waals surface area contributed by atoms with E-state index in [1.807, 2.05) is 0 Å². The van der Waals surface area contributed by atoms with Crippen LogP contribution in [0.5, 0.6) is 0 Å². The minimum atomic E-state index is 0. The van der Waals surface area contributed by atoms with Gasteiger partial charge in [0.05, 0.1) is 0 Å². The van der Waals surface area contributed by atoms with Gasteiger partial charge in [-0.05, 0) is 27.7 Å². The van der Waals surface area contributed by atoms with Crippen LogP contribution in [0.1, 0.15) is 27.7 Å². The van der Waals surface area contributed by atoms with Crippen LogP contribution >= 0.6 is 12.4 Å². The summed E-state index contributed by atoms with van der Waals surface area (Å²) in [6, 6.07) is 0. The van der Waals surface area contributed by atoms with Crippen LogP contribution in [-0.2, 0) is 20.4 Å². The van der Waals surface area contributed by atoms with Crippen molar-refractivity contribution in [1.29, 1.82) is 0 Å². The first-order valence-electron chi connectivity index (χ1n) is 2.25. The van der Waals surface area contributed by atoms with E-state index in [-0.39, 0.29) is 32.8 Å². The third-order valence-electron chi connectivity index (χ3n) is 1.00. The van der Waals surface area contributed by atoms with E-state index in [0.29, 0.717) is 0 Å². The molecule has 0 radical (unpaired) electrons. The van der Waals surface area contributed by atoms with Crippen molar-refractivity contribution in [3.05, 3.63) is 11.1 Å². The van der Waals surface area contributed by atoms with Crippen molar-refractivity contribution in [3.8, 4) is 0 Å². The summed E-state index contributed by atoms with van der Waals surface area (Å²) in [5.41, 5.74) is 2.85. The molecule has 8 heavy (non-hydrogen) atoms. The average Bonchev–Trinajstić information content (AvgIpc) is 1.36. The summed E-state index contributed by atoms with van der Waals surface area (Å²) in [6.45, 7) is 8.48. The van der Waals surface area contributed by atoms with E-state index < -0.39 is 0 Å². The van der Waals surface area contributed by atoms with Crippen molar-refractivity contribution >= 4 is 12.4 Å². The van der Waals surface area contributed by atoms with Crippen LogP contribution in [0.2, 0.25) is 0 Å². The molecule has 0 amide bonds. The molecule has 0 fully saturated rings. The van der Waals surface area contributed by atoms with Crippen LogP contribution in [0.15, 0.2) is 11.1 Å². The number of halogens is 1. The van der Waals surface area contributed by atoms with Crippen molar-refractivity contribution in [2.75, 3.05) is 0 Å². The number of hydrogen-bond donors (Lipinski definition) is 0. The Bertz CT molecular complexity index is 58.6. The van der Waals surface area contributed by atoms with Crippen molar-refractivity contribution in [2.45, 2.75) is 27.7 Å². The van der Waals surface area contributed by atoms with Crippen LogP contribution in [0.4, 0.5) is 0 Å². The zero-order valence-corrected chi connectivity index (χ0v) is 8.10. The molecule has 0 unspecified atom stereocenters. The monoisotopic (exact) mass is 226 g/mol. The predicted octanol–water partition coefficient (Wildman–Crippen LogP) is 2.78. The van der Waals surface area contributed by atoms with Crippen LogP contribution in [0, 0.1) is 0 Å². The Hall–Kier alpha value is 0.692.